The first-order chi connectivity index (χ1) is 16.0. The van der Waals surface area contributed by atoms with E-state index in [9.17, 15) is 14.4 Å². The standard InChI is InChI=1S/C25H24N2O6/c1-3-31-24(29)22-19(26-25(30)27-23(22)16-7-5-4-6-8-16)14-33-21(28)12-17-13-32-20-11-15(2)9-10-18(17)20/h4-11,13,23H,3,12,14H2,1-2H3,(H2,26,27,30)/t23-/m1/s1. The minimum atomic E-state index is -0.728. The largest absolute Gasteiger partial charge is 0.464 e. The average Bonchev–Trinajstić information content (AvgIpc) is 3.19. The van der Waals surface area contributed by atoms with Gasteiger partial charge in [-0.25, -0.2) is 9.59 Å². The number of furan rings is 1. The molecule has 8 nitrogen and oxygen atoms in total. The van der Waals surface area contributed by atoms with Gasteiger partial charge in [0, 0.05) is 10.9 Å². The van der Waals surface area contributed by atoms with E-state index in [0.29, 0.717) is 16.7 Å². The smallest absolute Gasteiger partial charge is 0.338 e. The third-order valence-corrected chi connectivity index (χ3v) is 5.31. The zero-order valence-corrected chi connectivity index (χ0v) is 18.3. The lowest BCUT2D eigenvalue weighted by molar-refractivity contribution is -0.143. The number of benzene rings is 2. The number of rotatable bonds is 7. The van der Waals surface area contributed by atoms with E-state index < -0.39 is 24.0 Å². The topological polar surface area (TPSA) is 107 Å². The lowest BCUT2D eigenvalue weighted by Gasteiger charge is -2.29. The fourth-order valence-corrected chi connectivity index (χ4v) is 3.76. The summed E-state index contributed by atoms with van der Waals surface area (Å²) >= 11 is 0. The maximum Gasteiger partial charge on any atom is 0.338 e. The van der Waals surface area contributed by atoms with Crippen molar-refractivity contribution in [2.75, 3.05) is 13.2 Å². The van der Waals surface area contributed by atoms with Gasteiger partial charge in [0.2, 0.25) is 0 Å². The lowest BCUT2D eigenvalue weighted by Crippen LogP contribution is -2.47. The van der Waals surface area contributed by atoms with E-state index >= 15 is 0 Å². The summed E-state index contributed by atoms with van der Waals surface area (Å²) in [5.41, 5.74) is 3.54. The van der Waals surface area contributed by atoms with Gasteiger partial charge in [0.25, 0.3) is 0 Å². The molecule has 1 aromatic heterocycles. The van der Waals surface area contributed by atoms with Crippen molar-refractivity contribution in [2.24, 2.45) is 0 Å². The maximum absolute atomic E-state index is 12.7. The summed E-state index contributed by atoms with van der Waals surface area (Å²) in [6.45, 7) is 3.54. The Labute approximate surface area is 190 Å². The minimum Gasteiger partial charge on any atom is -0.464 e. The molecule has 0 spiro atoms. The molecule has 1 aliphatic rings. The van der Waals surface area contributed by atoms with Gasteiger partial charge in [-0.1, -0.05) is 42.5 Å². The molecular weight excluding hydrogens is 424 g/mol. The lowest BCUT2D eigenvalue weighted by atomic mass is 9.95. The van der Waals surface area contributed by atoms with E-state index in [4.69, 9.17) is 13.9 Å². The van der Waals surface area contributed by atoms with E-state index in [0.717, 1.165) is 10.9 Å². The monoisotopic (exact) mass is 448 g/mol. The SMILES string of the molecule is CCOC(=O)C1=C(COC(=O)Cc2coc3cc(C)ccc23)NC(=O)N[C@@H]1c1ccccc1. The van der Waals surface area contributed by atoms with Crippen molar-refractivity contribution in [3.05, 3.63) is 82.8 Å². The Hall–Kier alpha value is -4.07. The van der Waals surface area contributed by atoms with Gasteiger partial charge in [-0.2, -0.15) is 0 Å². The van der Waals surface area contributed by atoms with E-state index in [2.05, 4.69) is 10.6 Å². The number of urea groups is 1. The van der Waals surface area contributed by atoms with Gasteiger partial charge in [-0.3, -0.25) is 4.79 Å². The highest BCUT2D eigenvalue weighted by molar-refractivity contribution is 5.95. The summed E-state index contributed by atoms with van der Waals surface area (Å²) in [4.78, 5) is 37.6. The maximum atomic E-state index is 12.7. The molecule has 3 aromatic rings. The number of hydrogen-bond acceptors (Lipinski definition) is 6. The van der Waals surface area contributed by atoms with Crippen LogP contribution in [0.3, 0.4) is 0 Å². The van der Waals surface area contributed by atoms with Crippen molar-refractivity contribution < 1.29 is 28.3 Å². The van der Waals surface area contributed by atoms with Crippen LogP contribution in [-0.2, 0) is 25.5 Å². The molecule has 0 bridgehead atoms. The van der Waals surface area contributed by atoms with Gasteiger partial charge < -0.3 is 24.5 Å². The minimum absolute atomic E-state index is 0.00755. The van der Waals surface area contributed by atoms with Gasteiger partial charge in [-0.05, 0) is 31.0 Å². The molecule has 0 radical (unpaired) electrons. The van der Waals surface area contributed by atoms with Crippen molar-refractivity contribution >= 4 is 28.9 Å². The van der Waals surface area contributed by atoms with Gasteiger partial charge in [0.1, 0.15) is 12.2 Å². The Morgan fingerprint density at radius 1 is 1.09 bits per heavy atom. The molecule has 8 heteroatoms. The van der Waals surface area contributed by atoms with Crippen molar-refractivity contribution in [3.63, 3.8) is 0 Å². The Morgan fingerprint density at radius 3 is 2.64 bits per heavy atom. The summed E-state index contributed by atoms with van der Waals surface area (Å²) in [6, 6.07) is 13.6. The number of carbonyl (C=O) groups excluding carboxylic acids is 3. The van der Waals surface area contributed by atoms with Crippen LogP contribution in [0, 0.1) is 6.92 Å². The average molecular weight is 448 g/mol. The molecule has 2 heterocycles. The van der Waals surface area contributed by atoms with E-state index in [-0.39, 0.29) is 30.9 Å². The van der Waals surface area contributed by atoms with Crippen LogP contribution in [0.5, 0.6) is 0 Å². The first-order valence-corrected chi connectivity index (χ1v) is 10.6. The molecule has 0 fully saturated rings. The fourth-order valence-electron chi connectivity index (χ4n) is 3.76. The summed E-state index contributed by atoms with van der Waals surface area (Å²) in [5, 5.41) is 6.16. The zero-order valence-electron chi connectivity index (χ0n) is 18.3. The van der Waals surface area contributed by atoms with Gasteiger partial charge in [0.15, 0.2) is 0 Å². The Morgan fingerprint density at radius 2 is 1.88 bits per heavy atom. The highest BCUT2D eigenvalue weighted by Crippen LogP contribution is 2.28. The van der Waals surface area contributed by atoms with Gasteiger partial charge >= 0.3 is 18.0 Å². The third-order valence-electron chi connectivity index (χ3n) is 5.31. The highest BCUT2D eigenvalue weighted by Gasteiger charge is 2.34. The second-order valence-electron chi connectivity index (χ2n) is 7.65. The normalized spacial score (nSPS) is 15.7. The molecule has 0 saturated carbocycles. The summed E-state index contributed by atoms with van der Waals surface area (Å²) < 4.78 is 16.2. The number of esters is 2. The van der Waals surface area contributed by atoms with Crippen LogP contribution in [0.4, 0.5) is 4.79 Å². The van der Waals surface area contributed by atoms with Crippen LogP contribution in [0.2, 0.25) is 0 Å². The van der Waals surface area contributed by atoms with Gasteiger partial charge in [0.05, 0.1) is 36.6 Å². The number of ether oxygens (including phenoxy) is 2. The van der Waals surface area contributed by atoms with Crippen molar-refractivity contribution in [3.8, 4) is 0 Å². The summed E-state index contributed by atoms with van der Waals surface area (Å²) in [7, 11) is 0. The predicted octanol–water partition coefficient (Wildman–Crippen LogP) is 3.70. The molecule has 2 N–H and O–H groups in total. The molecular formula is C25H24N2O6. The zero-order chi connectivity index (χ0) is 23.4. The fraction of sp³-hybridized carbons (Fsp3) is 0.240. The Bertz CT molecular complexity index is 1230. The number of carbonyl (C=O) groups is 3. The van der Waals surface area contributed by atoms with E-state index in [1.54, 1.807) is 19.1 Å². The molecule has 4 rings (SSSR count). The van der Waals surface area contributed by atoms with Crippen LogP contribution in [-0.4, -0.2) is 31.2 Å². The van der Waals surface area contributed by atoms with Gasteiger partial charge in [-0.15, -0.1) is 0 Å². The predicted molar refractivity (Wildman–Crippen MR) is 120 cm³/mol. The molecule has 170 valence electrons. The highest BCUT2D eigenvalue weighted by atomic mass is 16.5. The molecule has 1 atom stereocenters. The first kappa shape index (κ1) is 22.1. The first-order valence-electron chi connectivity index (χ1n) is 10.6. The van der Waals surface area contributed by atoms with Crippen LogP contribution in [0.25, 0.3) is 11.0 Å². The van der Waals surface area contributed by atoms with Crippen LogP contribution in [0.1, 0.15) is 29.7 Å². The number of amides is 2. The molecule has 0 saturated heterocycles. The van der Waals surface area contributed by atoms with E-state index in [1.807, 2.05) is 43.3 Å². The van der Waals surface area contributed by atoms with Crippen molar-refractivity contribution in [1.82, 2.24) is 10.6 Å². The van der Waals surface area contributed by atoms with Crippen LogP contribution in [0.15, 0.2) is 70.5 Å². The second-order valence-corrected chi connectivity index (χ2v) is 7.65. The van der Waals surface area contributed by atoms with E-state index in [1.165, 1.54) is 6.26 Å². The van der Waals surface area contributed by atoms with Crippen molar-refractivity contribution in [1.29, 1.82) is 0 Å². The van der Waals surface area contributed by atoms with Crippen molar-refractivity contribution in [2.45, 2.75) is 26.3 Å². The quantitative estimate of drug-likeness (QED) is 0.534. The van der Waals surface area contributed by atoms with Crippen LogP contribution < -0.4 is 10.6 Å². The number of hydrogen-bond donors (Lipinski definition) is 2. The molecule has 33 heavy (non-hydrogen) atoms. The summed E-state index contributed by atoms with van der Waals surface area (Å²) in [6.07, 6.45) is 1.53. The number of nitrogens with one attached hydrogen (secondary N) is 2. The Balaban J connectivity index is 1.55. The third kappa shape index (κ3) is 4.90. The molecule has 0 aliphatic carbocycles. The van der Waals surface area contributed by atoms with Crippen LogP contribution >= 0.6 is 0 Å². The molecule has 0 unspecified atom stereocenters. The second kappa shape index (κ2) is 9.60. The Kier molecular flexibility index (Phi) is 6.44. The number of aryl methyl sites for hydroxylation is 1. The molecule has 2 aromatic carbocycles. The number of fused-ring (bicyclic) bond motifs is 1. The molecule has 1 aliphatic heterocycles. The molecule has 2 amide bonds. The summed E-state index contributed by atoms with van der Waals surface area (Å²) in [5.74, 6) is -1.11.